The number of alkyl halides is 1. The van der Waals surface area contributed by atoms with Crippen molar-refractivity contribution in [2.24, 2.45) is 11.1 Å². The zero-order valence-electron chi connectivity index (χ0n) is 13.3. The van der Waals surface area contributed by atoms with Gasteiger partial charge in [0, 0.05) is 6.07 Å². The summed E-state index contributed by atoms with van der Waals surface area (Å²) in [4.78, 5) is 25.9. The summed E-state index contributed by atoms with van der Waals surface area (Å²) < 4.78 is 41.6. The van der Waals surface area contributed by atoms with Crippen molar-refractivity contribution in [1.29, 1.82) is 0 Å². The second-order valence-electron chi connectivity index (χ2n) is 7.15. The normalized spacial score (nSPS) is 33.2. The molecule has 1 saturated heterocycles. The van der Waals surface area contributed by atoms with E-state index in [2.05, 4.69) is 0 Å². The van der Waals surface area contributed by atoms with Crippen LogP contribution in [-0.2, 0) is 9.59 Å². The van der Waals surface area contributed by atoms with Crippen LogP contribution in [0.15, 0.2) is 18.2 Å². The van der Waals surface area contributed by atoms with Gasteiger partial charge in [-0.25, -0.2) is 13.2 Å². The van der Waals surface area contributed by atoms with Crippen molar-refractivity contribution in [2.75, 3.05) is 4.90 Å². The zero-order chi connectivity index (χ0) is 17.7. The number of anilines is 1. The predicted octanol–water partition coefficient (Wildman–Crippen LogP) is 2.84. The first-order chi connectivity index (χ1) is 11.1. The predicted molar refractivity (Wildman–Crippen MR) is 81.9 cm³/mol. The maximum absolute atomic E-state index is 14.5. The second kappa shape index (κ2) is 5.50. The maximum atomic E-state index is 14.5. The van der Waals surface area contributed by atoms with Crippen LogP contribution in [-0.4, -0.2) is 23.5 Å². The highest BCUT2D eigenvalue weighted by Gasteiger charge is 2.57. The number of benzene rings is 1. The monoisotopic (exact) mass is 340 g/mol. The first-order valence-electron chi connectivity index (χ1n) is 7.92. The van der Waals surface area contributed by atoms with Gasteiger partial charge in [0.25, 0.3) is 0 Å². The van der Waals surface area contributed by atoms with Crippen molar-refractivity contribution >= 4 is 17.5 Å². The lowest BCUT2D eigenvalue weighted by Crippen LogP contribution is -2.44. The van der Waals surface area contributed by atoms with Gasteiger partial charge in [-0.05, 0) is 51.2 Å². The summed E-state index contributed by atoms with van der Waals surface area (Å²) in [5, 5.41) is 0. The fraction of sp³-hybridized carbons (Fsp3) is 0.529. The molecular weight excluding hydrogens is 321 g/mol. The molecule has 130 valence electrons. The van der Waals surface area contributed by atoms with Crippen molar-refractivity contribution in [2.45, 2.75) is 50.7 Å². The maximum Gasteiger partial charge on any atom is 0.240 e. The standard InChI is InChI=1S/C17H19F3N2O2/c1-16(20)3-2-4-17(9-16)8-13(14(21)23)22(15(17)24)12-6-10(18)5-11(19)7-12/h5-7,13H,2-4,8-9H2,1H3,(H2,21,23). The minimum atomic E-state index is -1.51. The number of carbonyl (C=O) groups excluding carboxylic acids is 2. The van der Waals surface area contributed by atoms with E-state index in [0.29, 0.717) is 25.3 Å². The van der Waals surface area contributed by atoms with Gasteiger partial charge in [-0.1, -0.05) is 0 Å². The van der Waals surface area contributed by atoms with Crippen molar-refractivity contribution in [1.82, 2.24) is 0 Å². The molecule has 2 fully saturated rings. The number of hydrogen-bond acceptors (Lipinski definition) is 2. The van der Waals surface area contributed by atoms with Crippen LogP contribution in [0.5, 0.6) is 0 Å². The number of hydrogen-bond donors (Lipinski definition) is 1. The van der Waals surface area contributed by atoms with E-state index >= 15 is 0 Å². The van der Waals surface area contributed by atoms with E-state index in [4.69, 9.17) is 5.73 Å². The Morgan fingerprint density at radius 2 is 1.88 bits per heavy atom. The van der Waals surface area contributed by atoms with Crippen molar-refractivity contribution in [3.8, 4) is 0 Å². The van der Waals surface area contributed by atoms with Crippen molar-refractivity contribution in [3.05, 3.63) is 29.8 Å². The van der Waals surface area contributed by atoms with Crippen LogP contribution in [0.4, 0.5) is 18.9 Å². The summed E-state index contributed by atoms with van der Waals surface area (Å²) in [5.74, 6) is -2.97. The molecule has 0 bridgehead atoms. The summed E-state index contributed by atoms with van der Waals surface area (Å²) in [7, 11) is 0. The number of rotatable bonds is 2. The van der Waals surface area contributed by atoms with Crippen LogP contribution in [0.3, 0.4) is 0 Å². The number of nitrogens with two attached hydrogens (primary N) is 1. The zero-order valence-corrected chi connectivity index (χ0v) is 13.3. The van der Waals surface area contributed by atoms with Gasteiger partial charge >= 0.3 is 0 Å². The number of nitrogens with zero attached hydrogens (tertiary/aromatic N) is 1. The molecule has 4 nitrogen and oxygen atoms in total. The van der Waals surface area contributed by atoms with Crippen LogP contribution in [0.2, 0.25) is 0 Å². The Labute approximate surface area is 137 Å². The van der Waals surface area contributed by atoms with E-state index in [1.807, 2.05) is 0 Å². The molecular formula is C17H19F3N2O2. The van der Waals surface area contributed by atoms with Crippen LogP contribution >= 0.6 is 0 Å². The van der Waals surface area contributed by atoms with E-state index < -0.39 is 40.6 Å². The Bertz CT molecular complexity index is 687. The molecule has 3 rings (SSSR count). The fourth-order valence-corrected chi connectivity index (χ4v) is 4.18. The molecule has 24 heavy (non-hydrogen) atoms. The van der Waals surface area contributed by atoms with Crippen LogP contribution in [0, 0.1) is 17.0 Å². The molecule has 1 aromatic rings. The lowest BCUT2D eigenvalue weighted by atomic mass is 9.67. The lowest BCUT2D eigenvalue weighted by Gasteiger charge is -2.38. The van der Waals surface area contributed by atoms with Gasteiger partial charge in [0.05, 0.1) is 11.1 Å². The molecule has 7 heteroatoms. The molecule has 3 unspecified atom stereocenters. The van der Waals surface area contributed by atoms with Gasteiger partial charge in [0.15, 0.2) is 0 Å². The van der Waals surface area contributed by atoms with E-state index in [1.165, 1.54) is 6.92 Å². The Balaban J connectivity index is 2.04. The Kier molecular flexibility index (Phi) is 3.85. The smallest absolute Gasteiger partial charge is 0.240 e. The molecule has 2 amide bonds. The number of carbonyl (C=O) groups is 2. The quantitative estimate of drug-likeness (QED) is 0.900. The molecule has 1 saturated carbocycles. The third kappa shape index (κ3) is 2.76. The SMILES string of the molecule is CC1(F)CCCC2(CC(C(N)=O)N(c3cc(F)cc(F)c3)C2=O)C1. The average Bonchev–Trinajstić information content (AvgIpc) is 2.70. The first kappa shape index (κ1) is 16.8. The van der Waals surface area contributed by atoms with E-state index in [1.54, 1.807) is 0 Å². The molecule has 1 aromatic carbocycles. The van der Waals surface area contributed by atoms with Gasteiger partial charge in [0.2, 0.25) is 11.8 Å². The average molecular weight is 340 g/mol. The third-order valence-corrected chi connectivity index (χ3v) is 5.08. The molecule has 0 aromatic heterocycles. The van der Waals surface area contributed by atoms with E-state index in [9.17, 15) is 22.8 Å². The van der Waals surface area contributed by atoms with Crippen molar-refractivity contribution in [3.63, 3.8) is 0 Å². The molecule has 2 N–H and O–H groups in total. The molecule has 1 heterocycles. The summed E-state index contributed by atoms with van der Waals surface area (Å²) in [5.41, 5.74) is 2.78. The van der Waals surface area contributed by atoms with Crippen molar-refractivity contribution < 1.29 is 22.8 Å². The molecule has 1 aliphatic carbocycles. The topological polar surface area (TPSA) is 63.4 Å². The molecule has 2 aliphatic rings. The van der Waals surface area contributed by atoms with Gasteiger partial charge in [-0.3, -0.25) is 14.5 Å². The van der Waals surface area contributed by atoms with Gasteiger partial charge < -0.3 is 5.73 Å². The highest BCUT2D eigenvalue weighted by Crippen LogP contribution is 2.52. The minimum Gasteiger partial charge on any atom is -0.368 e. The number of halogens is 3. The van der Waals surface area contributed by atoms with Crippen LogP contribution in [0.25, 0.3) is 0 Å². The van der Waals surface area contributed by atoms with Gasteiger partial charge in [-0.15, -0.1) is 0 Å². The highest BCUT2D eigenvalue weighted by atomic mass is 19.1. The summed E-state index contributed by atoms with van der Waals surface area (Å²) in [6.45, 7) is 1.44. The van der Waals surface area contributed by atoms with Gasteiger partial charge in [0.1, 0.15) is 23.3 Å². The summed E-state index contributed by atoms with van der Waals surface area (Å²) in [6.07, 6.45) is 1.34. The molecule has 1 spiro atoms. The van der Waals surface area contributed by atoms with Crippen LogP contribution in [0.1, 0.15) is 39.0 Å². The Hall–Kier alpha value is -2.05. The number of primary amides is 1. The molecule has 1 aliphatic heterocycles. The Morgan fingerprint density at radius 3 is 2.42 bits per heavy atom. The highest BCUT2D eigenvalue weighted by molar-refractivity contribution is 6.06. The largest absolute Gasteiger partial charge is 0.368 e. The lowest BCUT2D eigenvalue weighted by molar-refractivity contribution is -0.130. The van der Waals surface area contributed by atoms with E-state index in [-0.39, 0.29) is 18.5 Å². The third-order valence-electron chi connectivity index (χ3n) is 5.08. The minimum absolute atomic E-state index is 0.0170. The fourth-order valence-electron chi connectivity index (χ4n) is 4.18. The second-order valence-corrected chi connectivity index (χ2v) is 7.15. The van der Waals surface area contributed by atoms with E-state index in [0.717, 1.165) is 17.0 Å². The molecule has 0 radical (unpaired) electrons. The Morgan fingerprint density at radius 1 is 1.25 bits per heavy atom. The summed E-state index contributed by atoms with van der Waals surface area (Å²) in [6, 6.07) is 1.60. The first-order valence-corrected chi connectivity index (χ1v) is 7.92. The summed E-state index contributed by atoms with van der Waals surface area (Å²) >= 11 is 0. The van der Waals surface area contributed by atoms with Gasteiger partial charge in [-0.2, -0.15) is 0 Å². The molecule has 3 atom stereocenters. The van der Waals surface area contributed by atoms with Crippen LogP contribution < -0.4 is 10.6 Å². The number of amides is 2.